The van der Waals surface area contributed by atoms with Crippen molar-refractivity contribution in [3.63, 3.8) is 0 Å². The molecule has 0 saturated carbocycles. The van der Waals surface area contributed by atoms with Gasteiger partial charge in [-0.2, -0.15) is 0 Å². The number of amides is 4. The lowest BCUT2D eigenvalue weighted by molar-refractivity contribution is -0.134. The van der Waals surface area contributed by atoms with Crippen molar-refractivity contribution in [1.29, 1.82) is 0 Å². The zero-order valence-corrected chi connectivity index (χ0v) is 36.9. The molecule has 0 radical (unpaired) electrons. The average Bonchev–Trinajstić information content (AvgIpc) is 4.01. The van der Waals surface area contributed by atoms with Crippen molar-refractivity contribution in [2.75, 3.05) is 58.3 Å². The molecular weight excluding hydrogens is 881 g/mol. The number of halogens is 6. The quantitative estimate of drug-likeness (QED) is 0.113. The fraction of sp³-hybridized carbons (Fsp3) is 0.417. The number of aromatic nitrogens is 4. The molecule has 1 unspecified atom stereocenters. The first-order valence-corrected chi connectivity index (χ1v) is 22.4. The van der Waals surface area contributed by atoms with Gasteiger partial charge < -0.3 is 19.7 Å². The number of likely N-dealkylation sites (tertiary alicyclic amines) is 1. The second kappa shape index (κ2) is 18.3. The van der Waals surface area contributed by atoms with Crippen molar-refractivity contribution in [3.05, 3.63) is 107 Å². The molecule has 3 saturated heterocycles. The SMILES string of the molecule is CN(C)C(=O)c1cc2c(-c3ccc([C@@H]4CCN(C5CCN(c6ccc(C7CCC(=O)NC7=O)cc6F)CC5)CC4(F)F)c(F)c3F)cc(C3=CCCN(C(=O)CCn4ccnn4)C3)c(F)c2[nH]1. The van der Waals surface area contributed by atoms with E-state index in [0.29, 0.717) is 55.7 Å². The van der Waals surface area contributed by atoms with Gasteiger partial charge in [0.25, 0.3) is 11.8 Å². The Labute approximate surface area is 381 Å². The van der Waals surface area contributed by atoms with Gasteiger partial charge >= 0.3 is 0 Å². The van der Waals surface area contributed by atoms with Crippen molar-refractivity contribution in [2.24, 2.45) is 0 Å². The van der Waals surface area contributed by atoms with E-state index in [4.69, 9.17) is 0 Å². The van der Waals surface area contributed by atoms with Crippen LogP contribution in [0.3, 0.4) is 0 Å². The molecule has 67 heavy (non-hydrogen) atoms. The number of aromatic amines is 1. The fourth-order valence-electron chi connectivity index (χ4n) is 10.1. The number of nitrogens with zero attached hydrogens (tertiary/aromatic N) is 7. The van der Waals surface area contributed by atoms with Crippen molar-refractivity contribution in [3.8, 4) is 11.1 Å². The van der Waals surface area contributed by atoms with Gasteiger partial charge in [0.1, 0.15) is 11.5 Å². The maximum Gasteiger partial charge on any atom is 0.269 e. The van der Waals surface area contributed by atoms with Gasteiger partial charge in [0.2, 0.25) is 17.7 Å². The molecule has 2 N–H and O–H groups in total. The van der Waals surface area contributed by atoms with E-state index in [1.165, 1.54) is 54.1 Å². The average molecular weight is 930 g/mol. The van der Waals surface area contributed by atoms with E-state index in [-0.39, 0.29) is 96.5 Å². The Morgan fingerprint density at radius 2 is 1.67 bits per heavy atom. The standard InChI is InChI=1S/C48H49F6N9O4/c1-59(2)47(67)38-24-35-34(23-33(44(52)45(35)56-38)28-4-3-16-61(25-28)41(65)14-20-63-21-15-55-58-63)31-6-7-32(43(51)42(31)50)36-13-19-62(26-48(36,53)54)29-11-17-60(18-12-29)39-9-5-27(22-37(39)49)30-8-10-40(64)57-46(30)66/h4-7,9,15,21-24,29-30,36,56H,3,8,10-14,16-20,25-26H2,1-2H3,(H,57,64,66)/t30?,36-/m0/s1. The number of imide groups is 1. The van der Waals surface area contributed by atoms with Crippen LogP contribution < -0.4 is 10.2 Å². The lowest BCUT2D eigenvalue weighted by Gasteiger charge is -2.45. The number of aryl methyl sites for hydroxylation is 1. The number of nitrogens with one attached hydrogen (secondary N) is 2. The van der Waals surface area contributed by atoms with E-state index in [9.17, 15) is 19.2 Å². The lowest BCUT2D eigenvalue weighted by Crippen LogP contribution is -2.54. The van der Waals surface area contributed by atoms with Gasteiger partial charge in [-0.05, 0) is 79.6 Å². The van der Waals surface area contributed by atoms with Crippen LogP contribution in [0.4, 0.5) is 32.0 Å². The third-order valence-corrected chi connectivity index (χ3v) is 13.7. The van der Waals surface area contributed by atoms with Crippen LogP contribution in [0.15, 0.2) is 60.9 Å². The number of hydrogen-bond donors (Lipinski definition) is 2. The number of anilines is 1. The maximum atomic E-state index is 16.6. The van der Waals surface area contributed by atoms with E-state index < -0.39 is 64.9 Å². The first-order valence-electron chi connectivity index (χ1n) is 22.4. The van der Waals surface area contributed by atoms with Gasteiger partial charge in [-0.1, -0.05) is 29.5 Å². The summed E-state index contributed by atoms with van der Waals surface area (Å²) >= 11 is 0. The summed E-state index contributed by atoms with van der Waals surface area (Å²) in [7, 11) is 3.01. The molecular formula is C48H49F6N9O4. The molecule has 19 heteroatoms. The number of alkyl halides is 2. The van der Waals surface area contributed by atoms with Crippen LogP contribution in [0, 0.1) is 23.3 Å². The zero-order chi connectivity index (χ0) is 47.3. The second-order valence-corrected chi connectivity index (χ2v) is 18.0. The first-order chi connectivity index (χ1) is 32.1. The van der Waals surface area contributed by atoms with E-state index in [1.54, 1.807) is 34.2 Å². The maximum absolute atomic E-state index is 16.6. The summed E-state index contributed by atoms with van der Waals surface area (Å²) in [4.78, 5) is 59.4. The monoisotopic (exact) mass is 929 g/mol. The van der Waals surface area contributed by atoms with Gasteiger partial charge in [0.15, 0.2) is 17.5 Å². The van der Waals surface area contributed by atoms with Gasteiger partial charge in [0, 0.05) is 87.4 Å². The minimum atomic E-state index is -3.45. The van der Waals surface area contributed by atoms with Crippen LogP contribution in [0.5, 0.6) is 0 Å². The number of rotatable bonds is 10. The summed E-state index contributed by atoms with van der Waals surface area (Å²) in [6, 6.07) is 9.39. The molecule has 3 aromatic carbocycles. The summed E-state index contributed by atoms with van der Waals surface area (Å²) in [5.74, 6) is -11.4. The number of piperidine rings is 3. The molecule has 4 aliphatic rings. The first kappa shape index (κ1) is 45.6. The highest BCUT2D eigenvalue weighted by atomic mass is 19.3. The molecule has 13 nitrogen and oxygen atoms in total. The normalized spacial score (nSPS) is 20.6. The van der Waals surface area contributed by atoms with Crippen molar-refractivity contribution < 1.29 is 45.5 Å². The Kier molecular flexibility index (Phi) is 12.5. The Bertz CT molecular complexity index is 2780. The predicted octanol–water partition coefficient (Wildman–Crippen LogP) is 7.00. The highest BCUT2D eigenvalue weighted by molar-refractivity contribution is 6.05. The molecule has 352 valence electrons. The summed E-state index contributed by atoms with van der Waals surface area (Å²) in [6.07, 6.45) is 6.60. The minimum absolute atomic E-state index is 0.00317. The third kappa shape index (κ3) is 8.92. The van der Waals surface area contributed by atoms with Crippen molar-refractivity contribution in [2.45, 2.75) is 75.3 Å². The van der Waals surface area contributed by atoms with Crippen molar-refractivity contribution >= 4 is 45.8 Å². The van der Waals surface area contributed by atoms with Crippen molar-refractivity contribution in [1.82, 2.24) is 40.0 Å². The molecule has 0 spiro atoms. The second-order valence-electron chi connectivity index (χ2n) is 18.0. The largest absolute Gasteiger partial charge is 0.369 e. The molecule has 6 heterocycles. The Morgan fingerprint density at radius 1 is 0.881 bits per heavy atom. The number of hydrogen-bond acceptors (Lipinski definition) is 8. The number of benzene rings is 3. The summed E-state index contributed by atoms with van der Waals surface area (Å²) in [5, 5.41) is 9.99. The molecule has 4 amide bonds. The van der Waals surface area contributed by atoms with Crippen LogP contribution >= 0.6 is 0 Å². The molecule has 2 aromatic heterocycles. The summed E-state index contributed by atoms with van der Waals surface area (Å²) in [6.45, 7) is 0.940. The molecule has 2 atom stereocenters. The Balaban J connectivity index is 0.923. The van der Waals surface area contributed by atoms with Gasteiger partial charge in [-0.25, -0.2) is 26.3 Å². The molecule has 4 aliphatic heterocycles. The predicted molar refractivity (Wildman–Crippen MR) is 236 cm³/mol. The number of carbonyl (C=O) groups is 4. The van der Waals surface area contributed by atoms with E-state index >= 15 is 26.3 Å². The number of fused-ring (bicyclic) bond motifs is 1. The molecule has 0 aliphatic carbocycles. The molecule has 3 fully saturated rings. The van der Waals surface area contributed by atoms with E-state index in [1.807, 2.05) is 4.90 Å². The third-order valence-electron chi connectivity index (χ3n) is 13.7. The topological polar surface area (TPSA) is 140 Å². The van der Waals surface area contributed by atoms with Gasteiger partial charge in [0.05, 0.1) is 42.3 Å². The van der Waals surface area contributed by atoms with Crippen LogP contribution in [0.1, 0.15) is 84.0 Å². The zero-order valence-electron chi connectivity index (χ0n) is 36.9. The number of H-pyrrole nitrogens is 1. The minimum Gasteiger partial charge on any atom is -0.369 e. The highest BCUT2D eigenvalue weighted by Crippen LogP contribution is 2.45. The highest BCUT2D eigenvalue weighted by Gasteiger charge is 2.48. The summed E-state index contributed by atoms with van der Waals surface area (Å²) in [5.41, 5.74) is 0.288. The Morgan fingerprint density at radius 3 is 2.37 bits per heavy atom. The molecule has 9 rings (SSSR count). The van der Waals surface area contributed by atoms with E-state index in [0.717, 1.165) is 6.07 Å². The van der Waals surface area contributed by atoms with Gasteiger partial charge in [-0.15, -0.1) is 5.10 Å². The molecule has 0 bridgehead atoms. The van der Waals surface area contributed by atoms with Crippen LogP contribution in [-0.4, -0.2) is 124 Å². The van der Waals surface area contributed by atoms with Crippen LogP contribution in [0.25, 0.3) is 27.6 Å². The lowest BCUT2D eigenvalue weighted by atomic mass is 9.83. The summed E-state index contributed by atoms with van der Waals surface area (Å²) < 4.78 is 99.0. The molecule has 5 aromatic rings. The smallest absolute Gasteiger partial charge is 0.269 e. The van der Waals surface area contributed by atoms with Crippen LogP contribution in [-0.2, 0) is 20.9 Å². The van der Waals surface area contributed by atoms with Gasteiger partial charge in [-0.3, -0.25) is 34.1 Å². The number of carbonyl (C=O) groups excluding carboxylic acids is 4. The Hall–Kier alpha value is -6.50. The van der Waals surface area contributed by atoms with E-state index in [2.05, 4.69) is 20.6 Å². The van der Waals surface area contributed by atoms with Crippen LogP contribution in [0.2, 0.25) is 0 Å². The fourth-order valence-corrected chi connectivity index (χ4v) is 10.1.